The third-order valence-electron chi connectivity index (χ3n) is 8.26. The van der Waals surface area contributed by atoms with Gasteiger partial charge in [0.2, 0.25) is 9.23 Å². The minimum absolute atomic E-state index is 0. The number of carbonyl (C=O) groups excluding carboxylic acids is 4. The van der Waals surface area contributed by atoms with Crippen molar-refractivity contribution in [2.24, 2.45) is 5.11 Å². The molecule has 2 aromatic heterocycles. The van der Waals surface area contributed by atoms with Gasteiger partial charge >= 0.3 is 35.8 Å². The van der Waals surface area contributed by atoms with Crippen molar-refractivity contribution in [1.29, 1.82) is 0 Å². The molecule has 0 aliphatic heterocycles. The van der Waals surface area contributed by atoms with E-state index in [1.54, 1.807) is 54.5 Å². The number of hydrogen-bond acceptors (Lipinski definition) is 17. The molecule has 0 aliphatic rings. The number of nitrogens with zero attached hydrogens (tertiary/aromatic N) is 9. The number of aromatic nitrogens is 6. The van der Waals surface area contributed by atoms with Gasteiger partial charge in [-0.1, -0.05) is 64.1 Å². The van der Waals surface area contributed by atoms with Crippen LogP contribution in [0.2, 0.25) is 0 Å². The Bertz CT molecular complexity index is 2560. The lowest BCUT2D eigenvalue weighted by Crippen LogP contribution is -3.00. The van der Waals surface area contributed by atoms with Crippen LogP contribution in [0.5, 0.6) is 0 Å². The van der Waals surface area contributed by atoms with Gasteiger partial charge in [0, 0.05) is 64.3 Å². The summed E-state index contributed by atoms with van der Waals surface area (Å²) in [6.45, 7) is 0. The number of rotatable bonds is 14. The molecule has 0 saturated heterocycles. The molecule has 5 rings (SSSR count). The Morgan fingerprint density at radius 2 is 1.00 bits per heavy atom. The zero-order valence-electron chi connectivity index (χ0n) is 39.3. The van der Waals surface area contributed by atoms with E-state index in [1.165, 1.54) is 50.2 Å². The highest BCUT2D eigenvalue weighted by molar-refractivity contribution is 8.26. The van der Waals surface area contributed by atoms with E-state index in [1.807, 2.05) is 24.3 Å². The number of methoxy groups -OCH3 is 4. The lowest BCUT2D eigenvalue weighted by molar-refractivity contribution is -0.407. The highest BCUT2D eigenvalue weighted by Crippen LogP contribution is 2.15. The number of azide groups is 1. The summed E-state index contributed by atoms with van der Waals surface area (Å²) in [6.07, 6.45) is 8.70. The van der Waals surface area contributed by atoms with Crippen LogP contribution in [-0.4, -0.2) is 139 Å². The number of ether oxygens (including phenoxy) is 4. The van der Waals surface area contributed by atoms with Crippen molar-refractivity contribution in [2.45, 2.75) is 37.4 Å². The van der Waals surface area contributed by atoms with Gasteiger partial charge in [-0.2, -0.15) is 0 Å². The van der Waals surface area contributed by atoms with E-state index in [0.29, 0.717) is 30.6 Å². The second-order valence-corrected chi connectivity index (χ2v) is 15.5. The van der Waals surface area contributed by atoms with E-state index in [2.05, 4.69) is 94.6 Å². The van der Waals surface area contributed by atoms with Crippen molar-refractivity contribution in [3.63, 3.8) is 0 Å². The molecule has 2 heterocycles. The fraction of sp³-hybridized carbons (Fsp3) is 0.268. The number of hydrogen-bond donors (Lipinski definition) is 6. The Kier molecular flexibility index (Phi) is 40.4. The SMILES string of the molecule is C#CC(=O)OC.CO.COC(=O)c1cn(-c2ccc(C[C@H]([NH3+])C(=O)O)cc2)nn1.COC(=O)c1cn(-c2ccc(C[C@H]([NH3+])C(=O)OC)cc2)nn1.O=S(Cl)Cl.[Cl-].[Cl-].[Cl-].[N-]=[N+]=Nc1ccc(C[C@H]([NH3+])C(=O)O)cc1. The maximum atomic E-state index is 11.3. The molecule has 32 heteroatoms. The first-order chi connectivity index (χ1) is 33.2. The zero-order chi connectivity index (χ0) is 53.3. The van der Waals surface area contributed by atoms with E-state index in [9.17, 15) is 28.8 Å². The second kappa shape index (κ2) is 40.6. The van der Waals surface area contributed by atoms with Gasteiger partial charge in [-0.3, -0.25) is 0 Å². The van der Waals surface area contributed by atoms with Gasteiger partial charge in [-0.25, -0.2) is 42.3 Å². The normalized spacial score (nSPS) is 10.4. The van der Waals surface area contributed by atoms with E-state index in [4.69, 9.17) is 25.1 Å². The predicted octanol–water partition coefficient (Wildman–Crippen LogP) is -9.01. The Labute approximate surface area is 447 Å². The van der Waals surface area contributed by atoms with Crippen LogP contribution in [0, 0.1) is 12.3 Å². The Morgan fingerprint density at radius 1 is 0.671 bits per heavy atom. The number of aliphatic carboxylic acids is 2. The maximum Gasteiger partial charge on any atom is 0.383 e. The predicted molar refractivity (Wildman–Crippen MR) is 248 cm³/mol. The van der Waals surface area contributed by atoms with E-state index in [-0.39, 0.29) is 54.6 Å². The number of esters is 4. The summed E-state index contributed by atoms with van der Waals surface area (Å²) in [7, 11) is 13.5. The molecule has 0 aliphatic carbocycles. The standard InChI is InChI=1S/C14H16N4O4.C13H14N4O4.C9H10N4O2.C4H4O2.CH4O.Cl2OS.3ClH/c1-21-13(19)11(15)7-9-3-5-10(6-4-9)18-8-12(16-17-18)14(20)22-2;1-21-13(20)11-7-17(16-15-11)9-4-2-8(3-5-9)6-10(14)12(18)19;10-8(9(14)15)5-6-1-3-7(4-2-6)12-13-11;1-3-4(5)6-2;1-2;1-4(2)3;;;/h3-6,8,11H,7,15H2,1-2H3;2-5,7,10H,6,14H2,1H3,(H,18,19);1-4,8H,5,10H2,(H,14,15);1H,2H3;2H,1H3;;3*1H/t11-;10-;8-;;;;;;/m000....../s1. The van der Waals surface area contributed by atoms with Crippen LogP contribution in [0.3, 0.4) is 0 Å². The number of benzene rings is 3. The number of carbonyl (C=O) groups is 6. The Morgan fingerprint density at radius 3 is 1.26 bits per heavy atom. The van der Waals surface area contributed by atoms with Crippen molar-refractivity contribution < 1.29 is 122 Å². The van der Waals surface area contributed by atoms with Crippen molar-refractivity contribution >= 4 is 72.1 Å². The number of aliphatic hydroxyl groups excluding tert-OH is 1. The summed E-state index contributed by atoms with van der Waals surface area (Å²) in [6, 6.07) is 19.4. The molecule has 0 spiro atoms. The molecular formula is C41H51Cl5N12O14S. The second-order valence-electron chi connectivity index (χ2n) is 13.0. The minimum Gasteiger partial charge on any atom is -1.00 e. The lowest BCUT2D eigenvalue weighted by atomic mass is 10.1. The Balaban J connectivity index is -0.000000436. The molecule has 5 aromatic rings. The van der Waals surface area contributed by atoms with E-state index < -0.39 is 57.2 Å². The highest BCUT2D eigenvalue weighted by Gasteiger charge is 2.19. The molecule has 0 radical (unpaired) electrons. The maximum absolute atomic E-state index is 11.3. The molecule has 0 saturated carbocycles. The third-order valence-corrected chi connectivity index (χ3v) is 8.26. The van der Waals surface area contributed by atoms with Crippen LogP contribution in [-0.2, 0) is 66.6 Å². The molecule has 0 amide bonds. The molecule has 3 aromatic carbocycles. The highest BCUT2D eigenvalue weighted by atomic mass is 36.0. The topological polar surface area (TPSA) is 410 Å². The average molecular weight is 1150 g/mol. The van der Waals surface area contributed by atoms with Crippen LogP contribution < -0.4 is 54.4 Å². The monoisotopic (exact) mass is 1140 g/mol. The zero-order valence-corrected chi connectivity index (χ0v) is 43.9. The first kappa shape index (κ1) is 72.6. The van der Waals surface area contributed by atoms with Crippen LogP contribution >= 0.6 is 21.4 Å². The molecule has 73 heavy (non-hydrogen) atoms. The molecular weight excluding hydrogens is 1090 g/mol. The van der Waals surface area contributed by atoms with Crippen LogP contribution in [0.1, 0.15) is 37.7 Å². The number of halogens is 5. The fourth-order valence-corrected chi connectivity index (χ4v) is 4.83. The molecule has 400 valence electrons. The van der Waals surface area contributed by atoms with Crippen molar-refractivity contribution in [3.8, 4) is 23.7 Å². The van der Waals surface area contributed by atoms with E-state index >= 15 is 0 Å². The van der Waals surface area contributed by atoms with Gasteiger partial charge in [0.1, 0.15) is 0 Å². The van der Waals surface area contributed by atoms with Gasteiger partial charge in [-0.05, 0) is 46.5 Å². The van der Waals surface area contributed by atoms with Gasteiger partial charge < -0.3 is 88.7 Å². The summed E-state index contributed by atoms with van der Waals surface area (Å²) in [5.41, 5.74) is 23.9. The summed E-state index contributed by atoms with van der Waals surface area (Å²) < 4.78 is 29.8. The molecule has 3 atom stereocenters. The van der Waals surface area contributed by atoms with Gasteiger partial charge in [0.25, 0.3) is 0 Å². The number of terminal acetylenes is 1. The molecule has 12 N–H and O–H groups in total. The average Bonchev–Trinajstić information content (AvgIpc) is 4.07. The molecule has 26 nitrogen and oxygen atoms in total. The summed E-state index contributed by atoms with van der Waals surface area (Å²) in [5, 5.41) is 43.0. The summed E-state index contributed by atoms with van der Waals surface area (Å²) >= 11 is 0. The minimum atomic E-state index is -1.67. The first-order valence-electron chi connectivity index (χ1n) is 19.3. The lowest BCUT2D eigenvalue weighted by Gasteiger charge is -2.07. The third kappa shape index (κ3) is 29.2. The molecule has 0 bridgehead atoms. The molecule has 0 fully saturated rings. The van der Waals surface area contributed by atoms with Crippen LogP contribution in [0.25, 0.3) is 21.8 Å². The number of aliphatic hydroxyl groups is 1. The largest absolute Gasteiger partial charge is 1.00 e. The summed E-state index contributed by atoms with van der Waals surface area (Å²) in [4.78, 5) is 67.7. The van der Waals surface area contributed by atoms with E-state index in [0.717, 1.165) is 29.5 Å². The smallest absolute Gasteiger partial charge is 0.383 e. The van der Waals surface area contributed by atoms with Crippen molar-refractivity contribution in [2.75, 3.05) is 35.5 Å². The number of carboxylic acid groups (broad SMARTS) is 2. The Hall–Kier alpha value is -6.93. The van der Waals surface area contributed by atoms with Gasteiger partial charge in [0.15, 0.2) is 29.5 Å². The van der Waals surface area contributed by atoms with Crippen molar-refractivity contribution in [3.05, 3.63) is 124 Å². The quantitative estimate of drug-likeness (QED) is 0.00879. The van der Waals surface area contributed by atoms with Gasteiger partial charge in [0.05, 0.1) is 52.2 Å². The summed E-state index contributed by atoms with van der Waals surface area (Å²) in [5.74, 6) is -2.17. The number of quaternary nitrogens is 3. The first-order valence-corrected chi connectivity index (χ1v) is 22.1. The van der Waals surface area contributed by atoms with Crippen LogP contribution in [0.15, 0.2) is 90.3 Å². The molecule has 0 unspecified atom stereocenters. The fourth-order valence-electron chi connectivity index (χ4n) is 4.83. The number of carboxylic acids is 2. The van der Waals surface area contributed by atoms with Crippen molar-refractivity contribution in [1.82, 2.24) is 30.0 Å². The van der Waals surface area contributed by atoms with Crippen LogP contribution in [0.4, 0.5) is 5.69 Å². The van der Waals surface area contributed by atoms with Gasteiger partial charge in [-0.15, -0.1) is 16.6 Å².